The number of rotatable bonds is 5. The molecule has 3 aromatic rings. The number of aromatic nitrogens is 4. The Morgan fingerprint density at radius 2 is 2.22 bits per heavy atom. The van der Waals surface area contributed by atoms with Crippen molar-refractivity contribution in [1.29, 1.82) is 0 Å². The largest absolute Gasteiger partial charge is 0.497 e. The Balaban J connectivity index is 1.90. The van der Waals surface area contributed by atoms with Crippen LogP contribution >= 0.6 is 0 Å². The molecule has 1 aromatic carbocycles. The van der Waals surface area contributed by atoms with Gasteiger partial charge in [0.15, 0.2) is 5.82 Å². The normalized spacial score (nSPS) is 16.1. The summed E-state index contributed by atoms with van der Waals surface area (Å²) in [5.41, 5.74) is 4.11. The first-order valence-corrected chi connectivity index (χ1v) is 9.17. The van der Waals surface area contributed by atoms with Crippen molar-refractivity contribution in [2.45, 2.75) is 39.2 Å². The molecule has 1 aliphatic heterocycles. The molecule has 0 saturated heterocycles. The van der Waals surface area contributed by atoms with Gasteiger partial charge in [-0.15, -0.1) is 0 Å². The number of hydrogen-bond donors (Lipinski definition) is 1. The number of amides is 1. The molecule has 7 nitrogen and oxygen atoms in total. The lowest BCUT2D eigenvalue weighted by Crippen LogP contribution is -2.24. The first-order chi connectivity index (χ1) is 13.1. The molecule has 0 spiro atoms. The number of carbonyl (C=O) groups excluding carboxylic acids is 1. The van der Waals surface area contributed by atoms with Gasteiger partial charge in [0, 0.05) is 42.5 Å². The predicted molar refractivity (Wildman–Crippen MR) is 102 cm³/mol. The zero-order valence-electron chi connectivity index (χ0n) is 15.8. The van der Waals surface area contributed by atoms with Crippen LogP contribution < -0.4 is 10.1 Å². The van der Waals surface area contributed by atoms with Crippen molar-refractivity contribution < 1.29 is 9.53 Å². The van der Waals surface area contributed by atoms with Gasteiger partial charge < -0.3 is 10.1 Å². The fraction of sp³-hybridized carbons (Fsp3) is 0.350. The van der Waals surface area contributed by atoms with Crippen LogP contribution in [0.1, 0.15) is 42.5 Å². The summed E-state index contributed by atoms with van der Waals surface area (Å²) in [6.45, 7) is 5.01. The zero-order valence-corrected chi connectivity index (χ0v) is 15.8. The maximum Gasteiger partial charge on any atom is 0.226 e. The summed E-state index contributed by atoms with van der Waals surface area (Å²) in [5, 5.41) is 12.0. The summed E-state index contributed by atoms with van der Waals surface area (Å²) >= 11 is 0. The van der Waals surface area contributed by atoms with Crippen molar-refractivity contribution in [3.05, 3.63) is 53.5 Å². The molecule has 0 radical (unpaired) electrons. The molecule has 1 amide bonds. The average molecular weight is 365 g/mol. The first kappa shape index (κ1) is 17.3. The van der Waals surface area contributed by atoms with Gasteiger partial charge in [0.25, 0.3) is 0 Å². The lowest BCUT2D eigenvalue weighted by molar-refractivity contribution is -0.116. The maximum absolute atomic E-state index is 12.4. The molecule has 1 aliphatic rings. The van der Waals surface area contributed by atoms with E-state index in [1.165, 1.54) is 0 Å². The van der Waals surface area contributed by atoms with Gasteiger partial charge in [-0.05, 0) is 43.2 Å². The summed E-state index contributed by atoms with van der Waals surface area (Å²) < 4.78 is 9.27. The van der Waals surface area contributed by atoms with E-state index in [0.29, 0.717) is 12.2 Å². The number of fused-ring (bicyclic) bond motifs is 1. The quantitative estimate of drug-likeness (QED) is 0.753. The number of benzene rings is 1. The van der Waals surface area contributed by atoms with Crippen molar-refractivity contribution in [3.63, 3.8) is 0 Å². The molecule has 27 heavy (non-hydrogen) atoms. The number of aryl methyl sites for hydroxylation is 1. The molecule has 0 bridgehead atoms. The van der Waals surface area contributed by atoms with Crippen LogP contribution in [-0.2, 0) is 11.3 Å². The monoisotopic (exact) mass is 365 g/mol. The van der Waals surface area contributed by atoms with Crippen LogP contribution in [0.15, 0.2) is 36.7 Å². The fourth-order valence-corrected chi connectivity index (χ4v) is 3.79. The van der Waals surface area contributed by atoms with E-state index in [1.54, 1.807) is 13.3 Å². The highest BCUT2D eigenvalue weighted by Crippen LogP contribution is 2.41. The molecule has 1 N–H and O–H groups in total. The van der Waals surface area contributed by atoms with Crippen molar-refractivity contribution in [2.75, 3.05) is 12.4 Å². The van der Waals surface area contributed by atoms with Crippen LogP contribution in [0.2, 0.25) is 0 Å². The second-order valence-electron chi connectivity index (χ2n) is 6.75. The maximum atomic E-state index is 12.4. The smallest absolute Gasteiger partial charge is 0.226 e. The second-order valence-corrected chi connectivity index (χ2v) is 6.75. The number of ether oxygens (including phenoxy) is 1. The molecule has 2 aromatic heterocycles. The SMILES string of the molecule is CCCn1nc2c(c1C)C(c1cc(OC)ccc1-n1cccn1)CC(=O)N2. The van der Waals surface area contributed by atoms with Crippen LogP contribution in [0, 0.1) is 6.92 Å². The number of anilines is 1. The third-order valence-corrected chi connectivity index (χ3v) is 5.05. The number of nitrogens with one attached hydrogen (secondary N) is 1. The average Bonchev–Trinajstić information content (AvgIpc) is 3.30. The first-order valence-electron chi connectivity index (χ1n) is 9.17. The van der Waals surface area contributed by atoms with Gasteiger partial charge in [0.1, 0.15) is 5.75 Å². The Hall–Kier alpha value is -3.09. The fourth-order valence-electron chi connectivity index (χ4n) is 3.79. The molecular weight excluding hydrogens is 342 g/mol. The van der Waals surface area contributed by atoms with Crippen LogP contribution in [0.3, 0.4) is 0 Å². The predicted octanol–water partition coefficient (Wildman–Crippen LogP) is 3.27. The highest BCUT2D eigenvalue weighted by molar-refractivity contribution is 5.94. The molecule has 4 rings (SSSR count). The summed E-state index contributed by atoms with van der Waals surface area (Å²) in [6, 6.07) is 7.79. The van der Waals surface area contributed by atoms with Gasteiger partial charge in [-0.2, -0.15) is 10.2 Å². The molecule has 7 heteroatoms. The zero-order chi connectivity index (χ0) is 19.0. The second kappa shape index (κ2) is 6.90. The van der Waals surface area contributed by atoms with Crippen molar-refractivity contribution in [2.24, 2.45) is 0 Å². The summed E-state index contributed by atoms with van der Waals surface area (Å²) in [4.78, 5) is 12.4. The van der Waals surface area contributed by atoms with Gasteiger partial charge >= 0.3 is 0 Å². The van der Waals surface area contributed by atoms with E-state index < -0.39 is 0 Å². The van der Waals surface area contributed by atoms with Crippen LogP contribution in [-0.4, -0.2) is 32.6 Å². The van der Waals surface area contributed by atoms with E-state index in [4.69, 9.17) is 4.74 Å². The molecule has 0 aliphatic carbocycles. The highest BCUT2D eigenvalue weighted by atomic mass is 16.5. The highest BCUT2D eigenvalue weighted by Gasteiger charge is 2.33. The van der Waals surface area contributed by atoms with Gasteiger partial charge in [-0.25, -0.2) is 4.68 Å². The lowest BCUT2D eigenvalue weighted by atomic mass is 9.84. The third kappa shape index (κ3) is 2.99. The molecular formula is C20H23N5O2. The number of methoxy groups -OCH3 is 1. The molecule has 0 fully saturated rings. The molecule has 140 valence electrons. The summed E-state index contributed by atoms with van der Waals surface area (Å²) in [5.74, 6) is 1.29. The van der Waals surface area contributed by atoms with Gasteiger partial charge in [-0.3, -0.25) is 9.48 Å². The van der Waals surface area contributed by atoms with E-state index in [-0.39, 0.29) is 11.8 Å². The minimum Gasteiger partial charge on any atom is -0.497 e. The van der Waals surface area contributed by atoms with Gasteiger partial charge in [0.2, 0.25) is 5.91 Å². The number of carbonyl (C=O) groups is 1. The van der Waals surface area contributed by atoms with Crippen molar-refractivity contribution in [3.8, 4) is 11.4 Å². The Labute approximate surface area is 157 Å². The van der Waals surface area contributed by atoms with Gasteiger partial charge in [0.05, 0.1) is 12.8 Å². The third-order valence-electron chi connectivity index (χ3n) is 5.05. The standard InChI is InChI=1S/C20H23N5O2/c1-4-9-24-13(2)19-16(12-18(26)22-20(19)23-24)15-11-14(27-3)6-7-17(15)25-10-5-8-21-25/h5-8,10-11,16H,4,9,12H2,1-3H3,(H,22,23,26). The Morgan fingerprint density at radius 3 is 2.93 bits per heavy atom. The van der Waals surface area contributed by atoms with E-state index in [0.717, 1.165) is 41.2 Å². The Bertz CT molecular complexity index is 975. The van der Waals surface area contributed by atoms with E-state index in [9.17, 15) is 4.79 Å². The summed E-state index contributed by atoms with van der Waals surface area (Å²) in [6.07, 6.45) is 5.00. The van der Waals surface area contributed by atoms with Crippen LogP contribution in [0.4, 0.5) is 5.82 Å². The minimum atomic E-state index is -0.103. The Kier molecular flexibility index (Phi) is 4.43. The summed E-state index contributed by atoms with van der Waals surface area (Å²) in [7, 11) is 1.65. The van der Waals surface area contributed by atoms with E-state index in [1.807, 2.05) is 39.8 Å². The minimum absolute atomic E-state index is 0.0251. The van der Waals surface area contributed by atoms with Crippen molar-refractivity contribution in [1.82, 2.24) is 19.6 Å². The topological polar surface area (TPSA) is 74.0 Å². The lowest BCUT2D eigenvalue weighted by Gasteiger charge is -2.25. The molecule has 1 atom stereocenters. The molecule has 1 unspecified atom stereocenters. The van der Waals surface area contributed by atoms with Crippen molar-refractivity contribution >= 4 is 11.7 Å². The Morgan fingerprint density at radius 1 is 1.37 bits per heavy atom. The molecule has 3 heterocycles. The number of nitrogens with zero attached hydrogens (tertiary/aromatic N) is 4. The van der Waals surface area contributed by atoms with Gasteiger partial charge in [-0.1, -0.05) is 6.92 Å². The van der Waals surface area contributed by atoms with E-state index >= 15 is 0 Å². The van der Waals surface area contributed by atoms with Crippen LogP contribution in [0.25, 0.3) is 5.69 Å². The van der Waals surface area contributed by atoms with E-state index in [2.05, 4.69) is 29.4 Å². The van der Waals surface area contributed by atoms with Crippen LogP contribution in [0.5, 0.6) is 5.75 Å². The number of hydrogen-bond acceptors (Lipinski definition) is 4. The molecule has 0 saturated carbocycles.